The summed E-state index contributed by atoms with van der Waals surface area (Å²) in [6.45, 7) is 1.11. The molecule has 26 heavy (non-hydrogen) atoms. The number of methoxy groups -OCH3 is 1. The van der Waals surface area contributed by atoms with Crippen molar-refractivity contribution in [2.24, 2.45) is 0 Å². The Morgan fingerprint density at radius 3 is 2.81 bits per heavy atom. The predicted octanol–water partition coefficient (Wildman–Crippen LogP) is 2.82. The lowest BCUT2D eigenvalue weighted by atomic mass is 10.1. The average molecular weight is 352 g/mol. The Balaban J connectivity index is 1.72. The smallest absolute Gasteiger partial charge is 0.291 e. The first-order chi connectivity index (χ1) is 12.7. The standard InChI is InChI=1S/C20H20N2O4/c1-25-11-5-10-21-19(23)15-8-9-17-16(13-15)22-20(24)18(26-17)12-14-6-3-2-4-7-14/h2-4,6-9,12-13H,5,10-11H2,1H3,(H,21,23)(H,22,24)/b18-12+. The van der Waals surface area contributed by atoms with Crippen LogP contribution in [0.2, 0.25) is 0 Å². The molecule has 2 N–H and O–H groups in total. The summed E-state index contributed by atoms with van der Waals surface area (Å²) in [6, 6.07) is 14.4. The van der Waals surface area contributed by atoms with Crippen molar-refractivity contribution >= 4 is 23.6 Å². The molecule has 0 fully saturated rings. The zero-order valence-corrected chi connectivity index (χ0v) is 14.5. The van der Waals surface area contributed by atoms with Crippen LogP contribution in [0.5, 0.6) is 5.75 Å². The molecule has 2 aromatic carbocycles. The minimum atomic E-state index is -0.348. The molecule has 1 aliphatic heterocycles. The van der Waals surface area contributed by atoms with Crippen molar-refractivity contribution in [3.8, 4) is 5.75 Å². The molecule has 0 aromatic heterocycles. The minimum absolute atomic E-state index is 0.205. The molecule has 134 valence electrons. The number of benzene rings is 2. The highest BCUT2D eigenvalue weighted by Crippen LogP contribution is 2.32. The van der Waals surface area contributed by atoms with Gasteiger partial charge >= 0.3 is 0 Å². The molecule has 6 heteroatoms. The number of anilines is 1. The monoisotopic (exact) mass is 352 g/mol. The van der Waals surface area contributed by atoms with E-state index in [-0.39, 0.29) is 17.6 Å². The predicted molar refractivity (Wildman–Crippen MR) is 98.9 cm³/mol. The van der Waals surface area contributed by atoms with Gasteiger partial charge in [-0.05, 0) is 36.3 Å². The molecule has 0 saturated carbocycles. The van der Waals surface area contributed by atoms with E-state index in [9.17, 15) is 9.59 Å². The maximum atomic E-state index is 12.3. The van der Waals surface area contributed by atoms with Crippen LogP contribution in [0.1, 0.15) is 22.3 Å². The van der Waals surface area contributed by atoms with Gasteiger partial charge in [0, 0.05) is 25.8 Å². The summed E-state index contributed by atoms with van der Waals surface area (Å²) in [6.07, 6.45) is 2.41. The van der Waals surface area contributed by atoms with E-state index in [1.54, 1.807) is 31.4 Å². The lowest BCUT2D eigenvalue weighted by Gasteiger charge is -2.20. The molecule has 0 aliphatic carbocycles. The van der Waals surface area contributed by atoms with E-state index in [2.05, 4.69) is 10.6 Å². The maximum Gasteiger partial charge on any atom is 0.291 e. The summed E-state index contributed by atoms with van der Waals surface area (Å²) >= 11 is 0. The Labute approximate surface area is 151 Å². The topological polar surface area (TPSA) is 76.7 Å². The van der Waals surface area contributed by atoms with Gasteiger partial charge in [-0.1, -0.05) is 30.3 Å². The summed E-state index contributed by atoms with van der Waals surface area (Å²) < 4.78 is 10.6. The van der Waals surface area contributed by atoms with Gasteiger partial charge in [0.05, 0.1) is 5.69 Å². The van der Waals surface area contributed by atoms with E-state index in [0.29, 0.717) is 30.2 Å². The second-order valence-corrected chi connectivity index (χ2v) is 5.79. The average Bonchev–Trinajstić information content (AvgIpc) is 2.66. The van der Waals surface area contributed by atoms with Gasteiger partial charge in [-0.15, -0.1) is 0 Å². The SMILES string of the molecule is COCCCNC(=O)c1ccc2c(c1)NC(=O)/C(=C\c1ccccc1)O2. The molecular weight excluding hydrogens is 332 g/mol. The van der Waals surface area contributed by atoms with E-state index in [1.165, 1.54) is 0 Å². The van der Waals surface area contributed by atoms with Gasteiger partial charge in [-0.3, -0.25) is 9.59 Å². The Morgan fingerprint density at radius 1 is 1.23 bits per heavy atom. The van der Waals surface area contributed by atoms with Crippen LogP contribution >= 0.6 is 0 Å². The number of nitrogens with one attached hydrogen (secondary N) is 2. The van der Waals surface area contributed by atoms with Crippen LogP contribution in [0.15, 0.2) is 54.3 Å². The second kappa shape index (κ2) is 8.31. The summed E-state index contributed by atoms with van der Waals surface area (Å²) in [7, 11) is 1.62. The molecule has 1 heterocycles. The third kappa shape index (κ3) is 4.29. The van der Waals surface area contributed by atoms with E-state index in [4.69, 9.17) is 9.47 Å². The third-order valence-corrected chi connectivity index (χ3v) is 3.84. The Morgan fingerprint density at radius 2 is 2.04 bits per heavy atom. The molecule has 0 atom stereocenters. The molecule has 3 rings (SSSR count). The van der Waals surface area contributed by atoms with Crippen molar-refractivity contribution in [1.29, 1.82) is 0 Å². The van der Waals surface area contributed by atoms with E-state index in [1.807, 2.05) is 30.3 Å². The van der Waals surface area contributed by atoms with Gasteiger partial charge in [-0.2, -0.15) is 0 Å². The van der Waals surface area contributed by atoms with Crippen molar-refractivity contribution in [2.45, 2.75) is 6.42 Å². The van der Waals surface area contributed by atoms with Crippen LogP contribution < -0.4 is 15.4 Å². The zero-order chi connectivity index (χ0) is 18.4. The van der Waals surface area contributed by atoms with Crippen LogP contribution in [0.3, 0.4) is 0 Å². The number of ether oxygens (including phenoxy) is 2. The van der Waals surface area contributed by atoms with Crippen LogP contribution in [0.4, 0.5) is 5.69 Å². The van der Waals surface area contributed by atoms with Crippen LogP contribution in [-0.2, 0) is 9.53 Å². The van der Waals surface area contributed by atoms with E-state index >= 15 is 0 Å². The Bertz CT molecular complexity index is 831. The summed E-state index contributed by atoms with van der Waals surface area (Å²) in [5.41, 5.74) is 1.80. The lowest BCUT2D eigenvalue weighted by Crippen LogP contribution is -2.27. The fourth-order valence-corrected chi connectivity index (χ4v) is 2.52. The van der Waals surface area contributed by atoms with Crippen molar-refractivity contribution in [3.05, 3.63) is 65.4 Å². The highest BCUT2D eigenvalue weighted by atomic mass is 16.5. The molecule has 0 spiro atoms. The molecule has 0 bridgehead atoms. The number of hydrogen-bond acceptors (Lipinski definition) is 4. The molecule has 2 aromatic rings. The van der Waals surface area contributed by atoms with E-state index < -0.39 is 0 Å². The van der Waals surface area contributed by atoms with Gasteiger partial charge in [0.1, 0.15) is 0 Å². The first-order valence-electron chi connectivity index (χ1n) is 8.34. The largest absolute Gasteiger partial charge is 0.449 e. The fraction of sp³-hybridized carbons (Fsp3) is 0.200. The molecular formula is C20H20N2O4. The minimum Gasteiger partial charge on any atom is -0.449 e. The number of amides is 2. The molecule has 0 saturated heterocycles. The Kier molecular flexibility index (Phi) is 5.66. The lowest BCUT2D eigenvalue weighted by molar-refractivity contribution is -0.115. The van der Waals surface area contributed by atoms with Crippen LogP contribution in [0, 0.1) is 0 Å². The molecule has 2 amide bonds. The first kappa shape index (κ1) is 17.7. The third-order valence-electron chi connectivity index (χ3n) is 3.84. The summed E-state index contributed by atoms with van der Waals surface area (Å²) in [4.78, 5) is 24.4. The number of carbonyl (C=O) groups is 2. The number of carbonyl (C=O) groups excluding carboxylic acids is 2. The Hall–Kier alpha value is -3.12. The molecule has 0 unspecified atom stereocenters. The number of rotatable bonds is 6. The second-order valence-electron chi connectivity index (χ2n) is 5.79. The van der Waals surface area contributed by atoms with Crippen molar-refractivity contribution in [3.63, 3.8) is 0 Å². The first-order valence-corrected chi connectivity index (χ1v) is 8.34. The van der Waals surface area contributed by atoms with Crippen LogP contribution in [0.25, 0.3) is 6.08 Å². The molecule has 0 radical (unpaired) electrons. The number of fused-ring (bicyclic) bond motifs is 1. The van der Waals surface area contributed by atoms with Crippen LogP contribution in [-0.4, -0.2) is 32.1 Å². The van der Waals surface area contributed by atoms with Gasteiger partial charge in [0.25, 0.3) is 11.8 Å². The zero-order valence-electron chi connectivity index (χ0n) is 14.5. The highest BCUT2D eigenvalue weighted by molar-refractivity contribution is 6.09. The van der Waals surface area contributed by atoms with Gasteiger partial charge in [0.2, 0.25) is 0 Å². The highest BCUT2D eigenvalue weighted by Gasteiger charge is 2.23. The molecule has 1 aliphatic rings. The normalized spacial score (nSPS) is 14.3. The fourth-order valence-electron chi connectivity index (χ4n) is 2.52. The van der Waals surface area contributed by atoms with E-state index in [0.717, 1.165) is 12.0 Å². The quantitative estimate of drug-likeness (QED) is 0.619. The van der Waals surface area contributed by atoms with Crippen molar-refractivity contribution in [1.82, 2.24) is 5.32 Å². The summed E-state index contributed by atoms with van der Waals surface area (Å²) in [5, 5.41) is 5.58. The van der Waals surface area contributed by atoms with Gasteiger partial charge in [0.15, 0.2) is 11.5 Å². The van der Waals surface area contributed by atoms with Crippen molar-refractivity contribution in [2.75, 3.05) is 25.6 Å². The van der Waals surface area contributed by atoms with Gasteiger partial charge < -0.3 is 20.1 Å². The summed E-state index contributed by atoms with van der Waals surface area (Å²) in [5.74, 6) is 0.158. The molecule has 6 nitrogen and oxygen atoms in total. The maximum absolute atomic E-state index is 12.3. The van der Waals surface area contributed by atoms with Gasteiger partial charge in [-0.25, -0.2) is 0 Å². The number of hydrogen-bond donors (Lipinski definition) is 2. The van der Waals surface area contributed by atoms with Crippen molar-refractivity contribution < 1.29 is 19.1 Å².